The topological polar surface area (TPSA) is 61.9 Å². The molecule has 0 aromatic heterocycles. The van der Waals surface area contributed by atoms with Gasteiger partial charge in [-0.05, 0) is 81.8 Å². The summed E-state index contributed by atoms with van der Waals surface area (Å²) in [4.78, 5) is 34.9. The number of nitrogens with one attached hydrogen (secondary N) is 1. The molecule has 3 heterocycles. The van der Waals surface area contributed by atoms with E-state index in [2.05, 4.69) is 16.3 Å². The summed E-state index contributed by atoms with van der Waals surface area (Å²) < 4.78 is 0. The first-order chi connectivity index (χ1) is 16.4. The van der Waals surface area contributed by atoms with E-state index in [-0.39, 0.29) is 36.1 Å². The highest BCUT2D eigenvalue weighted by molar-refractivity contribution is 5.94. The highest BCUT2D eigenvalue weighted by atomic mass is 16.7. The molecule has 2 amide bonds. The van der Waals surface area contributed by atoms with Gasteiger partial charge in [0.2, 0.25) is 5.91 Å². The maximum absolute atomic E-state index is 13.6. The van der Waals surface area contributed by atoms with E-state index in [9.17, 15) is 9.59 Å². The molecule has 0 unspecified atom stereocenters. The molecule has 180 valence electrons. The van der Waals surface area contributed by atoms with Crippen LogP contribution < -0.4 is 5.32 Å². The monoisotopic (exact) mass is 461 g/mol. The molecule has 4 atom stereocenters. The standard InChI is InChI=1S/C28H35N3O3/c1-18(2)34-31(19(3)20-8-5-4-6-9-20)27(32)22-11-12-23-21(16-22)13-15-30-26(23)17-25-24(28(30)33)10-7-14-29-25/h4-6,8-9,11-12,16,18-19,24-26,29H,7,10,13-15,17H2,1-3H3/t19-,24+,25+,26-/m1/s1. The van der Waals surface area contributed by atoms with Crippen molar-refractivity contribution in [3.63, 3.8) is 0 Å². The van der Waals surface area contributed by atoms with Gasteiger partial charge in [-0.15, -0.1) is 0 Å². The molecule has 6 nitrogen and oxygen atoms in total. The van der Waals surface area contributed by atoms with Crippen molar-refractivity contribution in [2.24, 2.45) is 5.92 Å². The second-order valence-electron chi connectivity index (χ2n) is 10.1. The fraction of sp³-hybridized carbons (Fsp3) is 0.500. The largest absolute Gasteiger partial charge is 0.335 e. The van der Waals surface area contributed by atoms with Crippen LogP contribution in [0.2, 0.25) is 0 Å². The van der Waals surface area contributed by atoms with Crippen LogP contribution in [0.3, 0.4) is 0 Å². The van der Waals surface area contributed by atoms with E-state index in [1.807, 2.05) is 63.2 Å². The zero-order valence-electron chi connectivity index (χ0n) is 20.4. The Bertz CT molecular complexity index is 1050. The molecule has 0 saturated carbocycles. The van der Waals surface area contributed by atoms with Gasteiger partial charge in [0, 0.05) is 18.2 Å². The average molecular weight is 462 g/mol. The molecule has 1 N–H and O–H groups in total. The van der Waals surface area contributed by atoms with E-state index in [0.29, 0.717) is 11.5 Å². The Morgan fingerprint density at radius 3 is 2.71 bits per heavy atom. The number of nitrogens with zero attached hydrogens (tertiary/aromatic N) is 2. The highest BCUT2D eigenvalue weighted by Gasteiger charge is 2.45. The molecule has 6 heteroatoms. The molecule has 0 radical (unpaired) electrons. The molecule has 0 spiro atoms. The van der Waals surface area contributed by atoms with Crippen LogP contribution in [-0.2, 0) is 16.1 Å². The van der Waals surface area contributed by atoms with Gasteiger partial charge < -0.3 is 10.2 Å². The summed E-state index contributed by atoms with van der Waals surface area (Å²) in [6.45, 7) is 7.59. The van der Waals surface area contributed by atoms with Crippen molar-refractivity contribution in [2.75, 3.05) is 13.1 Å². The van der Waals surface area contributed by atoms with E-state index in [4.69, 9.17) is 4.84 Å². The van der Waals surface area contributed by atoms with E-state index >= 15 is 0 Å². The maximum atomic E-state index is 13.6. The number of rotatable bonds is 5. The molecule has 2 fully saturated rings. The van der Waals surface area contributed by atoms with Crippen molar-refractivity contribution in [3.8, 4) is 0 Å². The number of amides is 2. The third-order valence-electron chi connectivity index (χ3n) is 7.57. The van der Waals surface area contributed by atoms with Crippen molar-refractivity contribution in [1.82, 2.24) is 15.3 Å². The number of hydroxylamine groups is 2. The van der Waals surface area contributed by atoms with E-state index < -0.39 is 0 Å². The minimum atomic E-state index is -0.215. The summed E-state index contributed by atoms with van der Waals surface area (Å²) in [6, 6.07) is 16.1. The molecule has 3 aliphatic rings. The van der Waals surface area contributed by atoms with Crippen LogP contribution in [0.25, 0.3) is 0 Å². The zero-order chi connectivity index (χ0) is 23.8. The summed E-state index contributed by atoms with van der Waals surface area (Å²) >= 11 is 0. The summed E-state index contributed by atoms with van der Waals surface area (Å²) in [5.41, 5.74) is 4.02. The van der Waals surface area contributed by atoms with Crippen LogP contribution >= 0.6 is 0 Å². The fourth-order valence-corrected chi connectivity index (χ4v) is 5.85. The van der Waals surface area contributed by atoms with Gasteiger partial charge in [-0.25, -0.2) is 5.06 Å². The second kappa shape index (κ2) is 9.51. The second-order valence-corrected chi connectivity index (χ2v) is 10.1. The number of carbonyl (C=O) groups is 2. The number of hydrogen-bond donors (Lipinski definition) is 1. The summed E-state index contributed by atoms with van der Waals surface area (Å²) in [5.74, 6) is 0.282. The van der Waals surface area contributed by atoms with Gasteiger partial charge in [-0.1, -0.05) is 36.4 Å². The van der Waals surface area contributed by atoms with Gasteiger partial charge in [0.15, 0.2) is 0 Å². The number of piperidine rings is 2. The van der Waals surface area contributed by atoms with Crippen molar-refractivity contribution < 1.29 is 14.4 Å². The molecule has 34 heavy (non-hydrogen) atoms. The molecular weight excluding hydrogens is 426 g/mol. The number of carbonyl (C=O) groups excluding carboxylic acids is 2. The molecule has 5 rings (SSSR count). The first-order valence-corrected chi connectivity index (χ1v) is 12.7. The molecule has 2 aromatic carbocycles. The number of benzene rings is 2. The minimum Gasteiger partial charge on any atom is -0.335 e. The molecule has 3 aliphatic heterocycles. The SMILES string of the molecule is CC(C)ON(C(=O)c1ccc2c(c1)CCN1C(=O)[C@H]3CCCN[C@H]3C[C@H]21)[C@H](C)c1ccccc1. The lowest BCUT2D eigenvalue weighted by molar-refractivity contribution is -0.174. The van der Waals surface area contributed by atoms with Crippen LogP contribution in [0, 0.1) is 5.92 Å². The lowest BCUT2D eigenvalue weighted by Gasteiger charge is -2.48. The van der Waals surface area contributed by atoms with Gasteiger partial charge in [-0.2, -0.15) is 0 Å². The number of hydrogen-bond acceptors (Lipinski definition) is 4. The fourth-order valence-electron chi connectivity index (χ4n) is 5.85. The van der Waals surface area contributed by atoms with Gasteiger partial charge in [-0.3, -0.25) is 14.4 Å². The van der Waals surface area contributed by atoms with Gasteiger partial charge in [0.25, 0.3) is 5.91 Å². The predicted octanol–water partition coefficient (Wildman–Crippen LogP) is 4.43. The third-order valence-corrected chi connectivity index (χ3v) is 7.57. The van der Waals surface area contributed by atoms with Gasteiger partial charge in [0.1, 0.15) is 0 Å². The van der Waals surface area contributed by atoms with E-state index in [1.54, 1.807) is 0 Å². The van der Waals surface area contributed by atoms with Crippen LogP contribution in [0.4, 0.5) is 0 Å². The number of fused-ring (bicyclic) bond motifs is 4. The van der Waals surface area contributed by atoms with Crippen molar-refractivity contribution in [2.45, 2.75) is 70.7 Å². The lowest BCUT2D eigenvalue weighted by atomic mass is 9.77. The van der Waals surface area contributed by atoms with Crippen molar-refractivity contribution in [1.29, 1.82) is 0 Å². The van der Waals surface area contributed by atoms with Crippen LogP contribution in [0.5, 0.6) is 0 Å². The third kappa shape index (κ3) is 4.25. The van der Waals surface area contributed by atoms with Gasteiger partial charge in [0.05, 0.1) is 24.1 Å². The Balaban J connectivity index is 1.41. The molecule has 2 saturated heterocycles. The van der Waals surface area contributed by atoms with E-state index in [0.717, 1.165) is 44.3 Å². The van der Waals surface area contributed by atoms with Gasteiger partial charge >= 0.3 is 0 Å². The van der Waals surface area contributed by atoms with Crippen LogP contribution in [-0.4, -0.2) is 47.0 Å². The minimum absolute atomic E-state index is 0.0958. The molecule has 0 bridgehead atoms. The van der Waals surface area contributed by atoms with Crippen LogP contribution in [0.1, 0.15) is 79.2 Å². The smallest absolute Gasteiger partial charge is 0.278 e. The lowest BCUT2D eigenvalue weighted by Crippen LogP contribution is -2.57. The molecular formula is C28H35N3O3. The molecule has 2 aromatic rings. The summed E-state index contributed by atoms with van der Waals surface area (Å²) in [6.07, 6.45) is 3.67. The van der Waals surface area contributed by atoms with E-state index in [1.165, 1.54) is 16.2 Å². The highest BCUT2D eigenvalue weighted by Crippen LogP contribution is 2.41. The summed E-state index contributed by atoms with van der Waals surface area (Å²) in [7, 11) is 0. The summed E-state index contributed by atoms with van der Waals surface area (Å²) in [5, 5.41) is 5.09. The Kier molecular flexibility index (Phi) is 6.45. The predicted molar refractivity (Wildman–Crippen MR) is 131 cm³/mol. The Morgan fingerprint density at radius 2 is 1.94 bits per heavy atom. The average Bonchev–Trinajstić information content (AvgIpc) is 2.86. The van der Waals surface area contributed by atoms with Crippen LogP contribution in [0.15, 0.2) is 48.5 Å². The Hall–Kier alpha value is -2.70. The first kappa shape index (κ1) is 23.1. The Morgan fingerprint density at radius 1 is 1.15 bits per heavy atom. The normalized spacial score (nSPS) is 24.8. The first-order valence-electron chi connectivity index (χ1n) is 12.7. The quantitative estimate of drug-likeness (QED) is 0.670. The van der Waals surface area contributed by atoms with Crippen molar-refractivity contribution in [3.05, 3.63) is 70.8 Å². The zero-order valence-corrected chi connectivity index (χ0v) is 20.4. The van der Waals surface area contributed by atoms with Crippen molar-refractivity contribution >= 4 is 11.8 Å². The maximum Gasteiger partial charge on any atom is 0.278 e. The Labute approximate surface area is 202 Å². The molecule has 0 aliphatic carbocycles.